The molecule has 1 aromatic heterocycles. The Hall–Kier alpha value is -2.54. The second-order valence-electron chi connectivity index (χ2n) is 8.16. The van der Waals surface area contributed by atoms with Gasteiger partial charge in [-0.2, -0.15) is 0 Å². The lowest BCUT2D eigenvalue weighted by atomic mass is 10.1. The van der Waals surface area contributed by atoms with Gasteiger partial charge in [0.05, 0.1) is 12.4 Å². The van der Waals surface area contributed by atoms with Crippen LogP contribution in [0.5, 0.6) is 0 Å². The standard InChI is InChI=1S/C21H31N3O4/c1-15(25)6-7-17-8-9-19(26)24(16(17)2)14-23-12-10-18(11-13-23)22-20(27)28-21(3,4)5/h6-9,18,25H,2,10-14H2,1,3-5H3,(H,22,27)/b15-6+,17-7-. The highest BCUT2D eigenvalue weighted by Crippen LogP contribution is 2.12. The molecular formula is C21H31N3O4. The van der Waals surface area contributed by atoms with Gasteiger partial charge in [-0.05, 0) is 64.0 Å². The number of ether oxygens (including phenoxy) is 1. The smallest absolute Gasteiger partial charge is 0.407 e. The first-order valence-electron chi connectivity index (χ1n) is 9.53. The number of alkyl carbamates (subject to hydrolysis) is 1. The van der Waals surface area contributed by atoms with E-state index in [4.69, 9.17) is 4.74 Å². The average Bonchev–Trinajstić information content (AvgIpc) is 2.57. The summed E-state index contributed by atoms with van der Waals surface area (Å²) < 4.78 is 6.94. The molecule has 1 amide bonds. The molecule has 0 radical (unpaired) electrons. The van der Waals surface area contributed by atoms with Gasteiger partial charge in [0.25, 0.3) is 5.56 Å². The van der Waals surface area contributed by atoms with Gasteiger partial charge in [-0.3, -0.25) is 14.3 Å². The van der Waals surface area contributed by atoms with Crippen molar-refractivity contribution in [1.29, 1.82) is 0 Å². The molecule has 1 aliphatic heterocycles. The fourth-order valence-electron chi connectivity index (χ4n) is 3.05. The molecule has 0 unspecified atom stereocenters. The number of pyridine rings is 1. The Labute approximate surface area is 165 Å². The number of rotatable bonds is 4. The molecule has 0 aliphatic carbocycles. The number of piperidine rings is 1. The third kappa shape index (κ3) is 6.56. The molecule has 2 heterocycles. The van der Waals surface area contributed by atoms with Crippen molar-refractivity contribution < 1.29 is 14.6 Å². The molecule has 7 nitrogen and oxygen atoms in total. The Bertz CT molecular complexity index is 884. The van der Waals surface area contributed by atoms with Crippen LogP contribution in [0, 0.1) is 0 Å². The van der Waals surface area contributed by atoms with Crippen LogP contribution in [0.4, 0.5) is 4.79 Å². The van der Waals surface area contributed by atoms with Crippen molar-refractivity contribution in [3.63, 3.8) is 0 Å². The highest BCUT2D eigenvalue weighted by Gasteiger charge is 2.23. The summed E-state index contributed by atoms with van der Waals surface area (Å²) in [5.41, 5.74) is -0.622. The molecule has 0 atom stereocenters. The summed E-state index contributed by atoms with van der Waals surface area (Å²) in [4.78, 5) is 26.4. The van der Waals surface area contributed by atoms with E-state index in [9.17, 15) is 14.7 Å². The first-order chi connectivity index (χ1) is 13.0. The Morgan fingerprint density at radius 3 is 2.57 bits per heavy atom. The molecule has 154 valence electrons. The molecule has 0 saturated carbocycles. The van der Waals surface area contributed by atoms with Crippen LogP contribution in [0.15, 0.2) is 28.8 Å². The SMILES string of the molecule is C=c1/c(=C\C=C(/C)O)ccc(=O)n1CN1CCC(NC(=O)OC(C)(C)C)CC1. The topological polar surface area (TPSA) is 83.8 Å². The molecule has 0 aromatic carbocycles. The number of amides is 1. The molecule has 2 rings (SSSR count). The fraction of sp³-hybridized carbons (Fsp3) is 0.524. The van der Waals surface area contributed by atoms with E-state index >= 15 is 0 Å². The molecule has 7 heteroatoms. The van der Waals surface area contributed by atoms with Gasteiger partial charge in [-0.15, -0.1) is 0 Å². The molecule has 28 heavy (non-hydrogen) atoms. The van der Waals surface area contributed by atoms with E-state index in [0.29, 0.717) is 12.0 Å². The predicted octanol–water partition coefficient (Wildman–Crippen LogP) is 1.45. The minimum atomic E-state index is -0.512. The Morgan fingerprint density at radius 2 is 2.00 bits per heavy atom. The maximum Gasteiger partial charge on any atom is 0.407 e. The molecule has 1 saturated heterocycles. The van der Waals surface area contributed by atoms with Gasteiger partial charge in [-0.25, -0.2) is 4.79 Å². The van der Waals surface area contributed by atoms with E-state index < -0.39 is 11.7 Å². The lowest BCUT2D eigenvalue weighted by molar-refractivity contribution is 0.0471. The first kappa shape index (κ1) is 21.8. The molecule has 0 spiro atoms. The average molecular weight is 389 g/mol. The van der Waals surface area contributed by atoms with Crippen LogP contribution in [0.3, 0.4) is 0 Å². The van der Waals surface area contributed by atoms with Crippen LogP contribution in [-0.4, -0.2) is 45.4 Å². The number of nitrogens with zero attached hydrogens (tertiary/aromatic N) is 2. The van der Waals surface area contributed by atoms with Crippen LogP contribution < -0.4 is 21.4 Å². The number of hydrogen-bond donors (Lipinski definition) is 2. The van der Waals surface area contributed by atoms with Crippen molar-refractivity contribution in [2.75, 3.05) is 13.1 Å². The number of allylic oxidation sites excluding steroid dienone is 2. The third-order valence-electron chi connectivity index (χ3n) is 4.48. The van der Waals surface area contributed by atoms with Crippen molar-refractivity contribution in [2.24, 2.45) is 0 Å². The zero-order chi connectivity index (χ0) is 20.9. The summed E-state index contributed by atoms with van der Waals surface area (Å²) in [5, 5.41) is 13.6. The van der Waals surface area contributed by atoms with Gasteiger partial charge in [-0.1, -0.05) is 6.58 Å². The van der Waals surface area contributed by atoms with Crippen LogP contribution >= 0.6 is 0 Å². The Morgan fingerprint density at radius 1 is 1.36 bits per heavy atom. The van der Waals surface area contributed by atoms with Crippen molar-refractivity contribution in [3.05, 3.63) is 44.9 Å². The van der Waals surface area contributed by atoms with E-state index in [0.717, 1.165) is 31.1 Å². The van der Waals surface area contributed by atoms with Crippen molar-refractivity contribution >= 4 is 18.7 Å². The van der Waals surface area contributed by atoms with E-state index in [2.05, 4.69) is 16.8 Å². The number of aromatic nitrogens is 1. The molecule has 2 N–H and O–H groups in total. The van der Waals surface area contributed by atoms with Gasteiger partial charge in [0, 0.05) is 30.5 Å². The Kier molecular flexibility index (Phi) is 7.07. The summed E-state index contributed by atoms with van der Waals surface area (Å²) in [5.74, 6) is 0.191. The van der Waals surface area contributed by atoms with E-state index in [1.807, 2.05) is 20.8 Å². The largest absolute Gasteiger partial charge is 0.513 e. The zero-order valence-electron chi connectivity index (χ0n) is 17.2. The van der Waals surface area contributed by atoms with Crippen LogP contribution in [0.2, 0.25) is 0 Å². The fourth-order valence-corrected chi connectivity index (χ4v) is 3.05. The van der Waals surface area contributed by atoms with Crippen molar-refractivity contribution in [3.8, 4) is 0 Å². The second-order valence-corrected chi connectivity index (χ2v) is 8.16. The number of carbonyl (C=O) groups is 1. The number of aliphatic hydroxyl groups is 1. The summed E-state index contributed by atoms with van der Waals surface area (Å²) >= 11 is 0. The normalized spacial score (nSPS) is 17.6. The molecule has 1 aromatic rings. The second kappa shape index (κ2) is 9.10. The first-order valence-corrected chi connectivity index (χ1v) is 9.53. The quantitative estimate of drug-likeness (QED) is 0.762. The van der Waals surface area contributed by atoms with E-state index in [1.54, 1.807) is 29.7 Å². The number of aliphatic hydroxyl groups excluding tert-OH is 1. The van der Waals surface area contributed by atoms with E-state index in [-0.39, 0.29) is 17.4 Å². The molecule has 1 aliphatic rings. The highest BCUT2D eigenvalue weighted by atomic mass is 16.6. The summed E-state index contributed by atoms with van der Waals surface area (Å²) in [7, 11) is 0. The highest BCUT2D eigenvalue weighted by molar-refractivity contribution is 5.68. The van der Waals surface area contributed by atoms with Gasteiger partial charge >= 0.3 is 6.09 Å². The zero-order valence-corrected chi connectivity index (χ0v) is 17.2. The lowest BCUT2D eigenvalue weighted by Crippen LogP contribution is -2.50. The van der Waals surface area contributed by atoms with Gasteiger partial charge in [0.2, 0.25) is 0 Å². The van der Waals surface area contributed by atoms with Crippen LogP contribution in [0.25, 0.3) is 12.7 Å². The minimum absolute atomic E-state index is 0.0689. The van der Waals surface area contributed by atoms with Gasteiger partial charge in [0.1, 0.15) is 5.60 Å². The maximum atomic E-state index is 12.3. The van der Waals surface area contributed by atoms with Crippen molar-refractivity contribution in [2.45, 2.75) is 58.8 Å². The summed E-state index contributed by atoms with van der Waals surface area (Å²) in [6.45, 7) is 13.1. The Balaban J connectivity index is 2.00. The maximum absolute atomic E-state index is 12.3. The predicted molar refractivity (Wildman–Crippen MR) is 110 cm³/mol. The van der Waals surface area contributed by atoms with Gasteiger partial charge < -0.3 is 15.2 Å². The third-order valence-corrected chi connectivity index (χ3v) is 4.48. The monoisotopic (exact) mass is 389 g/mol. The lowest BCUT2D eigenvalue weighted by Gasteiger charge is -2.33. The van der Waals surface area contributed by atoms with Crippen LogP contribution in [-0.2, 0) is 11.4 Å². The molecule has 1 fully saturated rings. The molecule has 0 bridgehead atoms. The van der Waals surface area contributed by atoms with Crippen LogP contribution in [0.1, 0.15) is 40.5 Å². The van der Waals surface area contributed by atoms with Gasteiger partial charge in [0.15, 0.2) is 0 Å². The van der Waals surface area contributed by atoms with Crippen molar-refractivity contribution in [1.82, 2.24) is 14.8 Å². The summed E-state index contributed by atoms with van der Waals surface area (Å²) in [6.07, 6.45) is 4.51. The number of carbonyl (C=O) groups excluding carboxylic acids is 1. The number of nitrogens with one attached hydrogen (secondary N) is 1. The van der Waals surface area contributed by atoms with E-state index in [1.165, 1.54) is 6.07 Å². The summed E-state index contributed by atoms with van der Waals surface area (Å²) in [6, 6.07) is 3.29. The number of hydrogen-bond acceptors (Lipinski definition) is 5. The number of likely N-dealkylation sites (tertiary alicyclic amines) is 1. The molecular weight excluding hydrogens is 358 g/mol. The minimum Gasteiger partial charge on any atom is -0.513 e.